The van der Waals surface area contributed by atoms with Crippen LogP contribution in [-0.4, -0.2) is 24.7 Å². The molecule has 0 spiro atoms. The molecule has 2 aromatic carbocycles. The zero-order valence-electron chi connectivity index (χ0n) is 14.1. The van der Waals surface area contributed by atoms with Gasteiger partial charge in [0.25, 0.3) is 0 Å². The number of nitrogens with zero attached hydrogens (tertiary/aromatic N) is 1. The molecule has 0 heterocycles. The van der Waals surface area contributed by atoms with E-state index in [0.717, 1.165) is 29.4 Å². The Hall–Kier alpha value is -2.01. The van der Waals surface area contributed by atoms with Crippen LogP contribution in [-0.2, 0) is 4.79 Å². The molecule has 0 aliphatic rings. The van der Waals surface area contributed by atoms with Crippen molar-refractivity contribution in [1.82, 2.24) is 0 Å². The maximum absolute atomic E-state index is 12.8. The molecule has 0 atom stereocenters. The van der Waals surface area contributed by atoms with Crippen molar-refractivity contribution < 1.29 is 9.18 Å². The van der Waals surface area contributed by atoms with Crippen LogP contribution >= 0.6 is 11.8 Å². The van der Waals surface area contributed by atoms with E-state index >= 15 is 0 Å². The third kappa shape index (κ3) is 5.57. The van der Waals surface area contributed by atoms with Gasteiger partial charge >= 0.3 is 0 Å². The molecule has 5 heteroatoms. The van der Waals surface area contributed by atoms with Gasteiger partial charge in [0.05, 0.1) is 0 Å². The molecule has 1 N–H and O–H groups in total. The normalized spacial score (nSPS) is 10.5. The van der Waals surface area contributed by atoms with Crippen molar-refractivity contribution >= 4 is 29.0 Å². The summed E-state index contributed by atoms with van der Waals surface area (Å²) in [5, 5.41) is 2.91. The molecule has 1 amide bonds. The van der Waals surface area contributed by atoms with E-state index < -0.39 is 0 Å². The topological polar surface area (TPSA) is 32.3 Å². The molecule has 0 fully saturated rings. The first-order chi connectivity index (χ1) is 11.6. The minimum atomic E-state index is -0.245. The van der Waals surface area contributed by atoms with Gasteiger partial charge in [-0.05, 0) is 62.4 Å². The number of halogens is 1. The lowest BCUT2D eigenvalue weighted by Crippen LogP contribution is -2.21. The summed E-state index contributed by atoms with van der Waals surface area (Å²) >= 11 is 1.55. The van der Waals surface area contributed by atoms with Crippen LogP contribution < -0.4 is 10.2 Å². The van der Waals surface area contributed by atoms with Crippen LogP contribution in [0.3, 0.4) is 0 Å². The zero-order chi connectivity index (χ0) is 17.4. The molecule has 128 valence electrons. The summed E-state index contributed by atoms with van der Waals surface area (Å²) in [6.45, 7) is 6.17. The third-order valence-corrected chi connectivity index (χ3v) is 4.70. The van der Waals surface area contributed by atoms with Crippen LogP contribution in [0, 0.1) is 5.82 Å². The summed E-state index contributed by atoms with van der Waals surface area (Å²) in [7, 11) is 0. The van der Waals surface area contributed by atoms with Gasteiger partial charge in [-0.25, -0.2) is 4.39 Å². The van der Waals surface area contributed by atoms with Gasteiger partial charge in [-0.15, -0.1) is 11.8 Å². The van der Waals surface area contributed by atoms with E-state index in [0.29, 0.717) is 12.2 Å². The average molecular weight is 346 g/mol. The fraction of sp³-hybridized carbons (Fsp3) is 0.316. The van der Waals surface area contributed by atoms with E-state index in [1.165, 1.54) is 12.1 Å². The number of thioether (sulfide) groups is 1. The number of carbonyl (C=O) groups excluding carboxylic acids is 1. The number of nitrogens with one attached hydrogen (secondary N) is 1. The molecule has 0 aromatic heterocycles. The van der Waals surface area contributed by atoms with Crippen LogP contribution in [0.2, 0.25) is 0 Å². The highest BCUT2D eigenvalue weighted by Gasteiger charge is 2.05. The van der Waals surface area contributed by atoms with Crippen LogP contribution in [0.5, 0.6) is 0 Å². The Morgan fingerprint density at radius 1 is 1.04 bits per heavy atom. The SMILES string of the molecule is CCN(CC)c1ccc(NC(=O)CCSc2ccc(F)cc2)cc1. The molecule has 0 saturated carbocycles. The maximum atomic E-state index is 12.8. The molecule has 0 aliphatic carbocycles. The van der Waals surface area contributed by atoms with E-state index in [9.17, 15) is 9.18 Å². The predicted molar refractivity (Wildman–Crippen MR) is 100 cm³/mol. The molecular formula is C19H23FN2OS. The molecular weight excluding hydrogens is 323 g/mol. The molecule has 0 bridgehead atoms. The first kappa shape index (κ1) is 18.3. The number of rotatable bonds is 8. The second kappa shape index (κ2) is 9.33. The van der Waals surface area contributed by atoms with Crippen LogP contribution in [0.1, 0.15) is 20.3 Å². The van der Waals surface area contributed by atoms with Gasteiger partial charge in [0.1, 0.15) is 5.82 Å². The van der Waals surface area contributed by atoms with Gasteiger partial charge in [-0.1, -0.05) is 0 Å². The summed E-state index contributed by atoms with van der Waals surface area (Å²) in [4.78, 5) is 15.2. The van der Waals surface area contributed by atoms with Crippen molar-refractivity contribution in [1.29, 1.82) is 0 Å². The highest BCUT2D eigenvalue weighted by Crippen LogP contribution is 2.20. The van der Waals surface area contributed by atoms with Gasteiger partial charge in [-0.3, -0.25) is 4.79 Å². The number of carbonyl (C=O) groups is 1. The lowest BCUT2D eigenvalue weighted by atomic mass is 10.2. The molecule has 0 unspecified atom stereocenters. The van der Waals surface area contributed by atoms with Crippen molar-refractivity contribution in [2.75, 3.05) is 29.1 Å². The Labute approximate surface area is 147 Å². The van der Waals surface area contributed by atoms with Crippen molar-refractivity contribution in [2.45, 2.75) is 25.2 Å². The van der Waals surface area contributed by atoms with E-state index in [4.69, 9.17) is 0 Å². The number of hydrogen-bond donors (Lipinski definition) is 1. The lowest BCUT2D eigenvalue weighted by molar-refractivity contribution is -0.115. The number of amides is 1. The van der Waals surface area contributed by atoms with Crippen molar-refractivity contribution in [3.8, 4) is 0 Å². The van der Waals surface area contributed by atoms with Crippen LogP contribution in [0.15, 0.2) is 53.4 Å². The molecule has 2 aromatic rings. The first-order valence-electron chi connectivity index (χ1n) is 8.15. The average Bonchev–Trinajstić information content (AvgIpc) is 2.59. The number of benzene rings is 2. The lowest BCUT2D eigenvalue weighted by Gasteiger charge is -2.21. The minimum Gasteiger partial charge on any atom is -0.372 e. The highest BCUT2D eigenvalue weighted by atomic mass is 32.2. The number of hydrogen-bond acceptors (Lipinski definition) is 3. The van der Waals surface area contributed by atoms with Crippen molar-refractivity contribution in [3.63, 3.8) is 0 Å². The van der Waals surface area contributed by atoms with Gasteiger partial charge in [0.15, 0.2) is 0 Å². The second-order valence-electron chi connectivity index (χ2n) is 5.32. The maximum Gasteiger partial charge on any atom is 0.225 e. The Bertz CT molecular complexity index is 639. The van der Waals surface area contributed by atoms with Crippen molar-refractivity contribution in [2.24, 2.45) is 0 Å². The molecule has 0 aliphatic heterocycles. The van der Waals surface area contributed by atoms with Gasteiger partial charge in [0, 0.05) is 41.5 Å². The second-order valence-corrected chi connectivity index (χ2v) is 6.49. The standard InChI is InChI=1S/C19H23FN2OS/c1-3-22(4-2)17-9-7-16(8-10-17)21-19(23)13-14-24-18-11-5-15(20)6-12-18/h5-12H,3-4,13-14H2,1-2H3,(H,21,23). The molecule has 24 heavy (non-hydrogen) atoms. The summed E-state index contributed by atoms with van der Waals surface area (Å²) in [6, 6.07) is 14.2. The van der Waals surface area contributed by atoms with Crippen molar-refractivity contribution in [3.05, 3.63) is 54.3 Å². The quantitative estimate of drug-likeness (QED) is 0.697. The summed E-state index contributed by atoms with van der Waals surface area (Å²) in [5.74, 6) is 0.403. The minimum absolute atomic E-state index is 0.0137. The molecule has 0 radical (unpaired) electrons. The number of anilines is 2. The van der Waals surface area contributed by atoms with E-state index in [1.54, 1.807) is 23.9 Å². The summed E-state index contributed by atoms with van der Waals surface area (Å²) in [6.07, 6.45) is 0.417. The molecule has 0 saturated heterocycles. The van der Waals surface area contributed by atoms with Crippen LogP contribution in [0.25, 0.3) is 0 Å². The molecule has 2 rings (SSSR count). The smallest absolute Gasteiger partial charge is 0.225 e. The van der Waals surface area contributed by atoms with Gasteiger partial charge in [0.2, 0.25) is 5.91 Å². The largest absolute Gasteiger partial charge is 0.372 e. The molecule has 3 nitrogen and oxygen atoms in total. The first-order valence-corrected chi connectivity index (χ1v) is 9.14. The Kier molecular flexibility index (Phi) is 7.12. The Balaban J connectivity index is 1.78. The predicted octanol–water partition coefficient (Wildman–Crippen LogP) is 4.79. The Morgan fingerprint density at radius 2 is 1.67 bits per heavy atom. The summed E-state index contributed by atoms with van der Waals surface area (Å²) in [5.41, 5.74) is 1.97. The van der Waals surface area contributed by atoms with E-state index in [2.05, 4.69) is 24.1 Å². The monoisotopic (exact) mass is 346 g/mol. The zero-order valence-corrected chi connectivity index (χ0v) is 14.9. The van der Waals surface area contributed by atoms with E-state index in [-0.39, 0.29) is 11.7 Å². The van der Waals surface area contributed by atoms with Crippen LogP contribution in [0.4, 0.5) is 15.8 Å². The fourth-order valence-corrected chi connectivity index (χ4v) is 3.21. The summed E-state index contributed by atoms with van der Waals surface area (Å²) < 4.78 is 12.8. The van der Waals surface area contributed by atoms with Gasteiger partial charge < -0.3 is 10.2 Å². The van der Waals surface area contributed by atoms with E-state index in [1.807, 2.05) is 24.3 Å². The highest BCUT2D eigenvalue weighted by molar-refractivity contribution is 7.99. The van der Waals surface area contributed by atoms with Gasteiger partial charge in [-0.2, -0.15) is 0 Å². The fourth-order valence-electron chi connectivity index (χ4n) is 2.36. The Morgan fingerprint density at radius 3 is 2.25 bits per heavy atom. The third-order valence-electron chi connectivity index (χ3n) is 3.69.